The van der Waals surface area contributed by atoms with Gasteiger partial charge in [-0.25, -0.2) is 4.98 Å². The molecule has 2 atom stereocenters. The minimum absolute atomic E-state index is 0.385. The Hall–Kier alpha value is -1.69. The molecule has 0 unspecified atom stereocenters. The van der Waals surface area contributed by atoms with Crippen molar-refractivity contribution < 1.29 is 5.11 Å². The Morgan fingerprint density at radius 3 is 3.04 bits per heavy atom. The highest BCUT2D eigenvalue weighted by atomic mass is 32.1. The number of H-pyrrole nitrogens is 1. The molecule has 3 heterocycles. The third-order valence-electron chi connectivity index (χ3n) is 4.60. The van der Waals surface area contributed by atoms with E-state index in [9.17, 15) is 5.11 Å². The van der Waals surface area contributed by atoms with Crippen molar-refractivity contribution in [2.24, 2.45) is 0 Å². The van der Waals surface area contributed by atoms with Gasteiger partial charge in [0.2, 0.25) is 0 Å². The number of benzene rings is 1. The van der Waals surface area contributed by atoms with Gasteiger partial charge in [-0.2, -0.15) is 0 Å². The van der Waals surface area contributed by atoms with E-state index in [1.165, 1.54) is 0 Å². The Balaban J connectivity index is 1.46. The van der Waals surface area contributed by atoms with Crippen molar-refractivity contribution >= 4 is 22.4 Å². The van der Waals surface area contributed by atoms with E-state index < -0.39 is 0 Å². The molecular formula is C18H21N3OS. The zero-order valence-electron chi connectivity index (χ0n) is 13.0. The van der Waals surface area contributed by atoms with Crippen molar-refractivity contribution in [2.75, 3.05) is 19.6 Å². The molecule has 2 aromatic heterocycles. The largest absolute Gasteiger partial charge is 0.386 e. The second-order valence-electron chi connectivity index (χ2n) is 6.27. The second kappa shape index (κ2) is 6.43. The number of nitrogens with one attached hydrogen (secondary N) is 1. The lowest BCUT2D eigenvalue weighted by Crippen LogP contribution is -2.37. The smallest absolute Gasteiger partial charge is 0.111 e. The zero-order valence-corrected chi connectivity index (χ0v) is 13.8. The molecule has 1 aliphatic rings. The van der Waals surface area contributed by atoms with E-state index in [0.717, 1.165) is 47.7 Å². The van der Waals surface area contributed by atoms with Gasteiger partial charge in [-0.15, -0.1) is 11.3 Å². The molecule has 4 rings (SSSR count). The van der Waals surface area contributed by atoms with E-state index in [1.54, 1.807) is 11.3 Å². The molecule has 2 N–H and O–H groups in total. The number of thiophene rings is 1. The van der Waals surface area contributed by atoms with Crippen LogP contribution in [0.2, 0.25) is 0 Å². The number of piperidine rings is 1. The summed E-state index contributed by atoms with van der Waals surface area (Å²) in [6, 6.07) is 12.2. The van der Waals surface area contributed by atoms with Crippen molar-refractivity contribution in [3.8, 4) is 0 Å². The maximum atomic E-state index is 10.4. The number of likely N-dealkylation sites (tertiary alicyclic amines) is 1. The maximum absolute atomic E-state index is 10.4. The van der Waals surface area contributed by atoms with Gasteiger partial charge in [0, 0.05) is 23.9 Å². The second-order valence-corrected chi connectivity index (χ2v) is 7.25. The number of aromatic amines is 1. The van der Waals surface area contributed by atoms with Crippen molar-refractivity contribution in [3.63, 3.8) is 0 Å². The third kappa shape index (κ3) is 3.17. The van der Waals surface area contributed by atoms with E-state index >= 15 is 0 Å². The molecule has 0 saturated carbocycles. The number of aromatic nitrogens is 2. The molecule has 1 saturated heterocycles. The number of nitrogens with zero attached hydrogens (tertiary/aromatic N) is 2. The fourth-order valence-corrected chi connectivity index (χ4v) is 4.13. The molecular weight excluding hydrogens is 306 g/mol. The number of fused-ring (bicyclic) bond motifs is 1. The topological polar surface area (TPSA) is 52.1 Å². The number of imidazole rings is 1. The number of aliphatic hydroxyl groups is 1. The first-order valence-corrected chi connectivity index (χ1v) is 9.06. The summed E-state index contributed by atoms with van der Waals surface area (Å²) < 4.78 is 0. The van der Waals surface area contributed by atoms with Crippen LogP contribution in [0.15, 0.2) is 41.8 Å². The highest BCUT2D eigenvalue weighted by Gasteiger charge is 2.25. The first kappa shape index (κ1) is 14.9. The highest BCUT2D eigenvalue weighted by Crippen LogP contribution is 2.28. The van der Waals surface area contributed by atoms with Gasteiger partial charge in [0.25, 0.3) is 0 Å². The zero-order chi connectivity index (χ0) is 15.6. The Labute approximate surface area is 139 Å². The number of β-amino-alcohol motifs (C(OH)–C–C–N with tert-alkyl or cyclic N) is 1. The summed E-state index contributed by atoms with van der Waals surface area (Å²) in [7, 11) is 0. The van der Waals surface area contributed by atoms with Crippen LogP contribution in [-0.4, -0.2) is 39.6 Å². The van der Waals surface area contributed by atoms with E-state index in [4.69, 9.17) is 4.98 Å². The fourth-order valence-electron chi connectivity index (χ4n) is 3.43. The van der Waals surface area contributed by atoms with E-state index in [-0.39, 0.29) is 6.10 Å². The third-order valence-corrected chi connectivity index (χ3v) is 5.58. The molecule has 23 heavy (non-hydrogen) atoms. The van der Waals surface area contributed by atoms with Crippen LogP contribution in [0.5, 0.6) is 0 Å². The van der Waals surface area contributed by atoms with Gasteiger partial charge in [-0.3, -0.25) is 4.90 Å². The van der Waals surface area contributed by atoms with Crippen LogP contribution >= 0.6 is 11.3 Å². The molecule has 1 aromatic carbocycles. The lowest BCUT2D eigenvalue weighted by atomic mass is 9.97. The van der Waals surface area contributed by atoms with E-state index in [0.29, 0.717) is 12.5 Å². The van der Waals surface area contributed by atoms with Gasteiger partial charge in [-0.05, 0) is 43.0 Å². The van der Waals surface area contributed by atoms with Gasteiger partial charge >= 0.3 is 0 Å². The maximum Gasteiger partial charge on any atom is 0.111 e. The standard InChI is InChI=1S/C18H21N3OS/c22-16(17-8-4-10-23-17)12-21-9-3-5-13(11-21)18-19-14-6-1-2-7-15(14)20-18/h1-2,4,6-8,10,13,16,22H,3,5,9,11-12H2,(H,19,20)/t13-,16+/m0/s1. The molecule has 0 bridgehead atoms. The Kier molecular flexibility index (Phi) is 4.16. The number of hydrogen-bond acceptors (Lipinski definition) is 4. The lowest BCUT2D eigenvalue weighted by Gasteiger charge is -2.32. The summed E-state index contributed by atoms with van der Waals surface area (Å²) in [5.41, 5.74) is 2.15. The minimum Gasteiger partial charge on any atom is -0.386 e. The molecule has 120 valence electrons. The van der Waals surface area contributed by atoms with Gasteiger partial charge in [0.15, 0.2) is 0 Å². The molecule has 3 aromatic rings. The SMILES string of the molecule is O[C@H](CN1CCC[C@H](c2nc3ccccc3[nH]2)C1)c1cccs1. The summed E-state index contributed by atoms with van der Waals surface area (Å²) in [5, 5.41) is 12.4. The first-order chi connectivity index (χ1) is 11.3. The normalized spacial score (nSPS) is 20.8. The van der Waals surface area contributed by atoms with Crippen molar-refractivity contribution in [2.45, 2.75) is 24.9 Å². The minimum atomic E-state index is -0.385. The molecule has 5 heteroatoms. The Bertz CT molecular complexity index is 735. The molecule has 1 aliphatic heterocycles. The molecule has 1 fully saturated rings. The monoisotopic (exact) mass is 327 g/mol. The predicted molar refractivity (Wildman–Crippen MR) is 93.8 cm³/mol. The molecule has 0 amide bonds. The van der Waals surface area contributed by atoms with Crippen LogP contribution in [-0.2, 0) is 0 Å². The first-order valence-electron chi connectivity index (χ1n) is 8.18. The summed E-state index contributed by atoms with van der Waals surface area (Å²) >= 11 is 1.62. The van der Waals surface area contributed by atoms with Crippen LogP contribution < -0.4 is 0 Å². The summed E-state index contributed by atoms with van der Waals surface area (Å²) in [5.74, 6) is 1.51. The number of hydrogen-bond donors (Lipinski definition) is 2. The van der Waals surface area contributed by atoms with Gasteiger partial charge in [-0.1, -0.05) is 18.2 Å². The summed E-state index contributed by atoms with van der Waals surface area (Å²) in [6.45, 7) is 2.72. The van der Waals surface area contributed by atoms with Crippen LogP contribution in [0.3, 0.4) is 0 Å². The fraction of sp³-hybridized carbons (Fsp3) is 0.389. The van der Waals surface area contributed by atoms with Gasteiger partial charge in [0.05, 0.1) is 11.0 Å². The molecule has 4 nitrogen and oxygen atoms in total. The quantitative estimate of drug-likeness (QED) is 0.771. The highest BCUT2D eigenvalue weighted by molar-refractivity contribution is 7.10. The predicted octanol–water partition coefficient (Wildman–Crippen LogP) is 3.54. The average molecular weight is 327 g/mol. The van der Waals surface area contributed by atoms with Crippen molar-refractivity contribution in [1.29, 1.82) is 0 Å². The number of para-hydroxylation sites is 2. The van der Waals surface area contributed by atoms with Gasteiger partial charge < -0.3 is 10.1 Å². The van der Waals surface area contributed by atoms with Crippen LogP contribution in [0.1, 0.15) is 35.6 Å². The Morgan fingerprint density at radius 1 is 1.30 bits per heavy atom. The number of rotatable bonds is 4. The van der Waals surface area contributed by atoms with Crippen LogP contribution in [0.4, 0.5) is 0 Å². The van der Waals surface area contributed by atoms with E-state index in [1.807, 2.05) is 29.6 Å². The number of aliphatic hydroxyl groups excluding tert-OH is 1. The molecule has 0 spiro atoms. The van der Waals surface area contributed by atoms with E-state index in [2.05, 4.69) is 22.0 Å². The summed E-state index contributed by atoms with van der Waals surface area (Å²) in [6.07, 6.45) is 1.93. The molecule has 0 aliphatic carbocycles. The van der Waals surface area contributed by atoms with Gasteiger partial charge in [0.1, 0.15) is 11.9 Å². The summed E-state index contributed by atoms with van der Waals surface area (Å²) in [4.78, 5) is 11.6. The lowest BCUT2D eigenvalue weighted by molar-refractivity contribution is 0.0969. The van der Waals surface area contributed by atoms with Crippen molar-refractivity contribution in [1.82, 2.24) is 14.9 Å². The molecule has 0 radical (unpaired) electrons. The Morgan fingerprint density at radius 2 is 2.22 bits per heavy atom. The van der Waals surface area contributed by atoms with Crippen LogP contribution in [0.25, 0.3) is 11.0 Å². The van der Waals surface area contributed by atoms with Crippen LogP contribution in [0, 0.1) is 0 Å². The van der Waals surface area contributed by atoms with Crippen molar-refractivity contribution in [3.05, 3.63) is 52.5 Å². The average Bonchev–Trinajstić information content (AvgIpc) is 3.24.